The first-order valence-electron chi connectivity index (χ1n) is 7.01. The minimum atomic E-state index is -0.296. The number of carbonyl (C=O) groups is 2. The fraction of sp³-hybridized carbons (Fsp3) is 0.200. The Hall–Kier alpha value is -2.61. The van der Waals surface area contributed by atoms with E-state index in [0.29, 0.717) is 23.3 Å². The van der Waals surface area contributed by atoms with Crippen molar-refractivity contribution in [3.63, 3.8) is 0 Å². The van der Waals surface area contributed by atoms with Gasteiger partial charge in [-0.2, -0.15) is 0 Å². The summed E-state index contributed by atoms with van der Waals surface area (Å²) in [5.41, 5.74) is 4.17. The van der Waals surface area contributed by atoms with Gasteiger partial charge in [0.2, 0.25) is 11.8 Å². The standard InChI is InChI=1S/C15H15N5O2S/c1-2-7-20-14(22)9-23-15(20)19-18-13(21)8-12-16-10-5-3-4-6-11(10)17-12/h2-6H,1,7-9H2,(H,16,17)(H,18,21). The molecular weight excluding hydrogens is 314 g/mol. The Balaban J connectivity index is 1.64. The number of thioether (sulfide) groups is 1. The lowest BCUT2D eigenvalue weighted by Crippen LogP contribution is -2.32. The number of imidazole rings is 1. The molecule has 1 fully saturated rings. The molecule has 3 rings (SSSR count). The number of aromatic amines is 1. The van der Waals surface area contributed by atoms with E-state index in [1.54, 1.807) is 6.08 Å². The van der Waals surface area contributed by atoms with E-state index in [9.17, 15) is 9.59 Å². The second kappa shape index (κ2) is 6.66. The lowest BCUT2D eigenvalue weighted by Gasteiger charge is -2.12. The summed E-state index contributed by atoms with van der Waals surface area (Å²) in [6, 6.07) is 7.57. The number of hydrogen-bond acceptors (Lipinski definition) is 5. The van der Waals surface area contributed by atoms with Gasteiger partial charge >= 0.3 is 0 Å². The molecule has 2 N–H and O–H groups in total. The first-order chi connectivity index (χ1) is 11.2. The van der Waals surface area contributed by atoms with Crippen molar-refractivity contribution in [3.05, 3.63) is 42.7 Å². The van der Waals surface area contributed by atoms with Crippen molar-refractivity contribution in [2.45, 2.75) is 6.42 Å². The Bertz CT molecular complexity index is 765. The van der Waals surface area contributed by atoms with Gasteiger partial charge in [-0.05, 0) is 12.1 Å². The number of H-pyrrole nitrogens is 1. The number of nitrogens with one attached hydrogen (secondary N) is 2. The highest BCUT2D eigenvalue weighted by atomic mass is 32.2. The van der Waals surface area contributed by atoms with Crippen molar-refractivity contribution < 1.29 is 9.59 Å². The third-order valence-electron chi connectivity index (χ3n) is 3.21. The van der Waals surface area contributed by atoms with E-state index in [0.717, 1.165) is 11.0 Å². The summed E-state index contributed by atoms with van der Waals surface area (Å²) in [6.07, 6.45) is 1.71. The molecule has 118 valence electrons. The van der Waals surface area contributed by atoms with Crippen molar-refractivity contribution >= 4 is 39.8 Å². The average Bonchev–Trinajstić information content (AvgIpc) is 3.09. The second-order valence-corrected chi connectivity index (χ2v) is 5.83. The van der Waals surface area contributed by atoms with E-state index in [-0.39, 0.29) is 18.2 Å². The van der Waals surface area contributed by atoms with Crippen LogP contribution < -0.4 is 5.43 Å². The summed E-state index contributed by atoms with van der Waals surface area (Å²) < 4.78 is 0. The molecule has 1 saturated heterocycles. The summed E-state index contributed by atoms with van der Waals surface area (Å²) in [5.74, 6) is 0.559. The quantitative estimate of drug-likeness (QED) is 0.638. The predicted octanol–water partition coefficient (Wildman–Crippen LogP) is 1.25. The Kier molecular flexibility index (Phi) is 4.42. The van der Waals surface area contributed by atoms with Crippen molar-refractivity contribution in [3.8, 4) is 0 Å². The number of hydrazone groups is 1. The second-order valence-electron chi connectivity index (χ2n) is 4.89. The summed E-state index contributed by atoms with van der Waals surface area (Å²) in [7, 11) is 0. The van der Waals surface area contributed by atoms with Crippen LogP contribution in [-0.4, -0.2) is 44.1 Å². The molecule has 0 aliphatic carbocycles. The zero-order chi connectivity index (χ0) is 16.2. The van der Waals surface area contributed by atoms with Crippen LogP contribution >= 0.6 is 11.8 Å². The fourth-order valence-electron chi connectivity index (χ4n) is 2.18. The lowest BCUT2D eigenvalue weighted by atomic mass is 10.3. The Labute approximate surface area is 136 Å². The van der Waals surface area contributed by atoms with Gasteiger partial charge in [-0.25, -0.2) is 10.4 Å². The molecule has 0 bridgehead atoms. The Morgan fingerprint density at radius 3 is 3.13 bits per heavy atom. The van der Waals surface area contributed by atoms with Crippen LogP contribution in [-0.2, 0) is 16.0 Å². The number of benzene rings is 1. The topological polar surface area (TPSA) is 90.4 Å². The third-order valence-corrected chi connectivity index (χ3v) is 4.17. The van der Waals surface area contributed by atoms with Crippen LogP contribution in [0.5, 0.6) is 0 Å². The predicted molar refractivity (Wildman–Crippen MR) is 89.7 cm³/mol. The molecule has 1 aliphatic heterocycles. The largest absolute Gasteiger partial charge is 0.342 e. The van der Waals surface area contributed by atoms with Crippen LogP contribution in [0.4, 0.5) is 0 Å². The smallest absolute Gasteiger partial charge is 0.247 e. The van der Waals surface area contributed by atoms with Gasteiger partial charge in [0.15, 0.2) is 5.17 Å². The van der Waals surface area contributed by atoms with Gasteiger partial charge in [0, 0.05) is 6.54 Å². The minimum Gasteiger partial charge on any atom is -0.342 e. The van der Waals surface area contributed by atoms with Gasteiger partial charge in [-0.15, -0.1) is 11.7 Å². The van der Waals surface area contributed by atoms with Crippen LogP contribution in [0, 0.1) is 0 Å². The first kappa shape index (κ1) is 15.3. The molecule has 1 aromatic carbocycles. The maximum Gasteiger partial charge on any atom is 0.247 e. The molecule has 7 nitrogen and oxygen atoms in total. The zero-order valence-electron chi connectivity index (χ0n) is 12.3. The molecule has 0 radical (unpaired) electrons. The molecular formula is C15H15N5O2S. The number of amides is 2. The van der Waals surface area contributed by atoms with E-state index in [4.69, 9.17) is 0 Å². The van der Waals surface area contributed by atoms with Crippen LogP contribution in [0.2, 0.25) is 0 Å². The molecule has 2 heterocycles. The van der Waals surface area contributed by atoms with Crippen molar-refractivity contribution in [1.82, 2.24) is 20.3 Å². The average molecular weight is 329 g/mol. The summed E-state index contributed by atoms with van der Waals surface area (Å²) in [5, 5.41) is 4.50. The molecule has 0 atom stereocenters. The van der Waals surface area contributed by atoms with E-state index < -0.39 is 0 Å². The van der Waals surface area contributed by atoms with Gasteiger partial charge in [0.05, 0.1) is 23.2 Å². The number of aromatic nitrogens is 2. The highest BCUT2D eigenvalue weighted by Gasteiger charge is 2.27. The number of amidine groups is 1. The third kappa shape index (κ3) is 3.42. The zero-order valence-corrected chi connectivity index (χ0v) is 13.1. The van der Waals surface area contributed by atoms with Crippen LogP contribution in [0.25, 0.3) is 11.0 Å². The number of rotatable bonds is 5. The first-order valence-corrected chi connectivity index (χ1v) is 8.00. The fourth-order valence-corrected chi connectivity index (χ4v) is 3.03. The number of para-hydroxylation sites is 2. The maximum atomic E-state index is 12.0. The van der Waals surface area contributed by atoms with E-state index in [1.165, 1.54) is 16.7 Å². The SMILES string of the molecule is C=CCN1C(=O)CSC1=NNC(=O)Cc1nc2ccccc2[nH]1. The van der Waals surface area contributed by atoms with Crippen molar-refractivity contribution in [2.75, 3.05) is 12.3 Å². The van der Waals surface area contributed by atoms with Crippen molar-refractivity contribution in [1.29, 1.82) is 0 Å². The summed E-state index contributed by atoms with van der Waals surface area (Å²) in [4.78, 5) is 32.6. The van der Waals surface area contributed by atoms with Gasteiger partial charge in [-0.1, -0.05) is 30.0 Å². The molecule has 8 heteroatoms. The molecule has 2 amide bonds. The van der Waals surface area contributed by atoms with Crippen LogP contribution in [0.1, 0.15) is 5.82 Å². The molecule has 0 unspecified atom stereocenters. The molecule has 1 aromatic heterocycles. The minimum absolute atomic E-state index is 0.0415. The molecule has 23 heavy (non-hydrogen) atoms. The van der Waals surface area contributed by atoms with E-state index >= 15 is 0 Å². The molecule has 1 aliphatic rings. The van der Waals surface area contributed by atoms with Gasteiger partial charge in [-0.3, -0.25) is 14.5 Å². The number of nitrogens with zero attached hydrogens (tertiary/aromatic N) is 3. The highest BCUT2D eigenvalue weighted by molar-refractivity contribution is 8.15. The van der Waals surface area contributed by atoms with Crippen LogP contribution in [0.3, 0.4) is 0 Å². The van der Waals surface area contributed by atoms with Crippen LogP contribution in [0.15, 0.2) is 42.0 Å². The van der Waals surface area contributed by atoms with Gasteiger partial charge < -0.3 is 4.98 Å². The maximum absolute atomic E-state index is 12.0. The highest BCUT2D eigenvalue weighted by Crippen LogP contribution is 2.18. The monoisotopic (exact) mass is 329 g/mol. The number of hydrogen-bond donors (Lipinski definition) is 2. The molecule has 2 aromatic rings. The number of fused-ring (bicyclic) bond motifs is 1. The van der Waals surface area contributed by atoms with Crippen molar-refractivity contribution in [2.24, 2.45) is 5.10 Å². The van der Waals surface area contributed by atoms with Gasteiger partial charge in [0.1, 0.15) is 5.82 Å². The summed E-state index contributed by atoms with van der Waals surface area (Å²) >= 11 is 1.29. The molecule has 0 spiro atoms. The normalized spacial score (nSPS) is 16.3. The van der Waals surface area contributed by atoms with E-state index in [2.05, 4.69) is 27.1 Å². The summed E-state index contributed by atoms with van der Waals surface area (Å²) in [6.45, 7) is 3.99. The van der Waals surface area contributed by atoms with E-state index in [1.807, 2.05) is 24.3 Å². The van der Waals surface area contributed by atoms with Gasteiger partial charge in [0.25, 0.3) is 0 Å². The Morgan fingerprint density at radius 1 is 1.52 bits per heavy atom. The lowest BCUT2D eigenvalue weighted by molar-refractivity contribution is -0.124. The Morgan fingerprint density at radius 2 is 2.35 bits per heavy atom. The molecule has 0 saturated carbocycles. The number of carbonyl (C=O) groups excluding carboxylic acids is 2.